The Morgan fingerprint density at radius 3 is 2.68 bits per heavy atom. The van der Waals surface area contributed by atoms with Gasteiger partial charge < -0.3 is 9.15 Å². The Hall–Kier alpha value is -3.09. The lowest BCUT2D eigenvalue weighted by Crippen LogP contribution is -2.04. The van der Waals surface area contributed by atoms with Crippen molar-refractivity contribution in [2.24, 2.45) is 4.99 Å². The van der Waals surface area contributed by atoms with E-state index in [1.807, 2.05) is 36.4 Å². The molecule has 0 saturated heterocycles. The normalized spacial score (nSPS) is 10.6. The van der Waals surface area contributed by atoms with Crippen molar-refractivity contribution >= 4 is 62.9 Å². The lowest BCUT2D eigenvalue weighted by Gasteiger charge is -2.06. The van der Waals surface area contributed by atoms with Crippen LogP contribution in [0.2, 0.25) is 5.02 Å². The van der Waals surface area contributed by atoms with Crippen molar-refractivity contribution in [3.63, 3.8) is 0 Å². The number of halogens is 1. The predicted molar refractivity (Wildman–Crippen MR) is 126 cm³/mol. The number of rotatable bonds is 5. The zero-order chi connectivity index (χ0) is 22.0. The summed E-state index contributed by atoms with van der Waals surface area (Å²) in [7, 11) is 0. The number of esters is 1. The van der Waals surface area contributed by atoms with Crippen molar-refractivity contribution in [3.8, 4) is 16.2 Å². The number of hydrogen-bond acceptors (Lipinski definition) is 7. The third-order valence-electron chi connectivity index (χ3n) is 4.46. The average molecular weight is 468 g/mol. The van der Waals surface area contributed by atoms with Gasteiger partial charge >= 0.3 is 11.6 Å². The number of benzene rings is 2. The predicted octanol–water partition coefficient (Wildman–Crippen LogP) is 6.43. The summed E-state index contributed by atoms with van der Waals surface area (Å²) in [5, 5.41) is 3.25. The Labute approximate surface area is 191 Å². The van der Waals surface area contributed by atoms with Gasteiger partial charge in [0.15, 0.2) is 5.75 Å². The first-order valence-electron chi connectivity index (χ1n) is 9.14. The lowest BCUT2D eigenvalue weighted by atomic mass is 10.1. The van der Waals surface area contributed by atoms with Crippen LogP contribution >= 0.6 is 35.2 Å². The maximum atomic E-state index is 12.6. The molecule has 2 aromatic heterocycles. The second-order valence-corrected chi connectivity index (χ2v) is 8.43. The molecule has 0 aliphatic rings. The van der Waals surface area contributed by atoms with E-state index < -0.39 is 11.6 Å². The van der Waals surface area contributed by atoms with Crippen molar-refractivity contribution in [1.29, 1.82) is 0 Å². The van der Waals surface area contributed by atoms with E-state index in [-0.39, 0.29) is 10.8 Å². The molecule has 0 aliphatic carbocycles. The number of nitrogens with zero attached hydrogens (tertiary/aromatic N) is 1. The van der Waals surface area contributed by atoms with E-state index in [4.69, 9.17) is 20.8 Å². The van der Waals surface area contributed by atoms with Crippen molar-refractivity contribution < 1.29 is 13.9 Å². The van der Waals surface area contributed by atoms with Crippen LogP contribution in [0.25, 0.3) is 21.4 Å². The molecule has 8 heteroatoms. The maximum absolute atomic E-state index is 12.6. The topological polar surface area (TPSA) is 68.9 Å². The van der Waals surface area contributed by atoms with Gasteiger partial charge in [0.05, 0.1) is 21.4 Å². The summed E-state index contributed by atoms with van der Waals surface area (Å²) in [5.41, 5.74) is 2.15. The number of carbonyl (C=O) groups excluding carboxylic acids is 1. The number of carbonyl (C=O) groups is 1. The molecule has 0 amide bonds. The van der Waals surface area contributed by atoms with Crippen LogP contribution in [0.1, 0.15) is 17.4 Å². The number of thiophene rings is 1. The van der Waals surface area contributed by atoms with Crippen molar-refractivity contribution in [3.05, 3.63) is 80.5 Å². The number of ether oxygens (including phenoxy) is 1. The Morgan fingerprint density at radius 1 is 1.19 bits per heavy atom. The highest BCUT2D eigenvalue weighted by molar-refractivity contribution is 7.78. The van der Waals surface area contributed by atoms with Gasteiger partial charge in [-0.15, -0.1) is 11.3 Å². The molecule has 4 aromatic rings. The van der Waals surface area contributed by atoms with Crippen LogP contribution in [0.15, 0.2) is 68.8 Å². The summed E-state index contributed by atoms with van der Waals surface area (Å²) < 4.78 is 10.5. The highest BCUT2D eigenvalue weighted by Gasteiger charge is 2.14. The molecular formula is C23H14ClNO4S2. The Bertz CT molecular complexity index is 1400. The van der Waals surface area contributed by atoms with Gasteiger partial charge in [0, 0.05) is 34.6 Å². The maximum Gasteiger partial charge on any atom is 0.345 e. The fourth-order valence-corrected chi connectivity index (χ4v) is 4.45. The average Bonchev–Trinajstić information content (AvgIpc) is 3.18. The third kappa shape index (κ3) is 4.81. The fraction of sp³-hybridized carbons (Fsp3) is 0.0870. The van der Waals surface area contributed by atoms with Gasteiger partial charge in [0.25, 0.3) is 0 Å². The van der Waals surface area contributed by atoms with Crippen LogP contribution in [-0.4, -0.2) is 11.1 Å². The van der Waals surface area contributed by atoms with Gasteiger partial charge in [0.1, 0.15) is 5.58 Å². The summed E-state index contributed by atoms with van der Waals surface area (Å²) in [6.07, 6.45) is 0.725. The molecule has 2 aromatic carbocycles. The van der Waals surface area contributed by atoms with E-state index >= 15 is 0 Å². The third-order valence-corrected chi connectivity index (χ3v) is 5.96. The number of hydrogen-bond donors (Lipinski definition) is 0. The summed E-state index contributed by atoms with van der Waals surface area (Å²) in [6, 6.07) is 16.4. The van der Waals surface area contributed by atoms with Crippen molar-refractivity contribution in [1.82, 2.24) is 0 Å². The van der Waals surface area contributed by atoms with E-state index in [9.17, 15) is 9.59 Å². The van der Waals surface area contributed by atoms with Gasteiger partial charge in [-0.1, -0.05) is 23.7 Å². The van der Waals surface area contributed by atoms with Crippen LogP contribution in [0, 0.1) is 0 Å². The molecule has 154 valence electrons. The first-order valence-corrected chi connectivity index (χ1v) is 10.7. The summed E-state index contributed by atoms with van der Waals surface area (Å²) in [5.74, 6) is -0.356. The summed E-state index contributed by atoms with van der Waals surface area (Å²) in [6.45, 7) is 1.27. The number of isothiocyanates is 1. The van der Waals surface area contributed by atoms with Crippen molar-refractivity contribution in [2.75, 3.05) is 0 Å². The molecule has 5 nitrogen and oxygen atoms in total. The van der Waals surface area contributed by atoms with Crippen LogP contribution in [0.3, 0.4) is 0 Å². The van der Waals surface area contributed by atoms with Gasteiger partial charge in [0.2, 0.25) is 0 Å². The molecule has 0 fully saturated rings. The molecule has 4 rings (SSSR count). The van der Waals surface area contributed by atoms with Gasteiger partial charge in [-0.25, -0.2) is 4.79 Å². The minimum atomic E-state index is -0.507. The second kappa shape index (κ2) is 8.96. The van der Waals surface area contributed by atoms with E-state index in [2.05, 4.69) is 22.4 Å². The first-order chi connectivity index (χ1) is 14.9. The van der Waals surface area contributed by atoms with E-state index in [1.165, 1.54) is 24.3 Å². The number of thiocarbonyl (C=S) groups is 1. The van der Waals surface area contributed by atoms with Crippen LogP contribution in [-0.2, 0) is 11.2 Å². The Balaban J connectivity index is 1.63. The molecule has 0 radical (unpaired) electrons. The van der Waals surface area contributed by atoms with Crippen molar-refractivity contribution in [2.45, 2.75) is 13.3 Å². The molecular weight excluding hydrogens is 454 g/mol. The Kier molecular flexibility index (Phi) is 6.11. The fourth-order valence-electron chi connectivity index (χ4n) is 3.09. The molecule has 0 unspecified atom stereocenters. The second-order valence-electron chi connectivity index (χ2n) is 6.67. The minimum Gasteiger partial charge on any atom is -0.425 e. The quantitative estimate of drug-likeness (QED) is 0.111. The standard InChI is InChI=1S/C23H14ClNO4S2/c1-13(26)28-21-11-20-15(10-19(21)24)9-18(23(27)29-20)22-7-6-17(31-22)8-14-2-4-16(5-3-14)25-12-30/h2-7,9-11H,8H2,1H3. The van der Waals surface area contributed by atoms with Gasteiger partial charge in [-0.3, -0.25) is 4.79 Å². The highest BCUT2D eigenvalue weighted by Crippen LogP contribution is 2.33. The van der Waals surface area contributed by atoms with E-state index in [0.717, 1.165) is 27.4 Å². The molecule has 0 bridgehead atoms. The molecule has 2 heterocycles. The smallest absolute Gasteiger partial charge is 0.345 e. The molecule has 0 saturated carbocycles. The molecule has 31 heavy (non-hydrogen) atoms. The number of aliphatic imine (C=N–C) groups is 1. The molecule has 0 aliphatic heterocycles. The van der Waals surface area contributed by atoms with Crippen LogP contribution in [0.5, 0.6) is 5.75 Å². The summed E-state index contributed by atoms with van der Waals surface area (Å²) >= 11 is 12.3. The number of fused-ring (bicyclic) bond motifs is 1. The monoisotopic (exact) mass is 467 g/mol. The zero-order valence-electron chi connectivity index (χ0n) is 16.2. The first kappa shape index (κ1) is 21.2. The van der Waals surface area contributed by atoms with Crippen LogP contribution < -0.4 is 10.4 Å². The minimum absolute atomic E-state index is 0.151. The lowest BCUT2D eigenvalue weighted by molar-refractivity contribution is -0.131. The zero-order valence-corrected chi connectivity index (χ0v) is 18.6. The van der Waals surface area contributed by atoms with Crippen LogP contribution in [0.4, 0.5) is 5.69 Å². The molecule has 0 atom stereocenters. The molecule has 0 N–H and O–H groups in total. The van der Waals surface area contributed by atoms with E-state index in [0.29, 0.717) is 16.5 Å². The Morgan fingerprint density at radius 2 is 1.97 bits per heavy atom. The molecule has 0 spiro atoms. The SMILES string of the molecule is CC(=O)Oc1cc2oc(=O)c(-c3ccc(Cc4ccc(N=C=S)cc4)s3)cc2cc1Cl. The van der Waals surface area contributed by atoms with Gasteiger partial charge in [-0.05, 0) is 54.2 Å². The summed E-state index contributed by atoms with van der Waals surface area (Å²) in [4.78, 5) is 29.6. The largest absolute Gasteiger partial charge is 0.425 e. The van der Waals surface area contributed by atoms with Gasteiger partial charge in [-0.2, -0.15) is 4.99 Å². The highest BCUT2D eigenvalue weighted by atomic mass is 35.5. The van der Waals surface area contributed by atoms with E-state index in [1.54, 1.807) is 12.1 Å².